The molecule has 0 fully saturated rings. The molecule has 8 nitrogen and oxygen atoms in total. The van der Waals surface area contributed by atoms with Crippen molar-refractivity contribution in [3.8, 4) is 0 Å². The Balaban J connectivity index is 4.49. The number of nitrogens with one attached hydrogen (secondary N) is 1. The third-order valence-electron chi connectivity index (χ3n) is 2.69. The number of hydrogen-bond donors (Lipinski definition) is 3. The first-order valence-electron chi connectivity index (χ1n) is 6.76. The first-order chi connectivity index (χ1) is 9.88. The molecule has 0 heterocycles. The predicted molar refractivity (Wildman–Crippen MR) is 84.4 cm³/mol. The minimum absolute atomic E-state index is 0.262. The van der Waals surface area contributed by atoms with E-state index < -0.39 is 28.4 Å². The minimum atomic E-state index is -1.18. The lowest BCUT2D eigenvalue weighted by Gasteiger charge is -2.21. The van der Waals surface area contributed by atoms with Crippen LogP contribution in [0.1, 0.15) is 41.0 Å². The lowest BCUT2D eigenvalue weighted by Crippen LogP contribution is -2.42. The predicted octanol–water partition coefficient (Wildman–Crippen LogP) is 0.806. The van der Waals surface area contributed by atoms with E-state index in [1.165, 1.54) is 20.8 Å². The lowest BCUT2D eigenvalue weighted by atomic mass is 10.1. The smallest absolute Gasteiger partial charge is 0.303 e. The van der Waals surface area contributed by atoms with Crippen molar-refractivity contribution in [3.63, 3.8) is 0 Å². The van der Waals surface area contributed by atoms with Crippen molar-refractivity contribution in [2.45, 2.75) is 57.6 Å². The van der Waals surface area contributed by atoms with E-state index in [-0.39, 0.29) is 12.5 Å². The van der Waals surface area contributed by atoms with Crippen LogP contribution >= 0.6 is 12.6 Å². The zero-order valence-corrected chi connectivity index (χ0v) is 14.4. The van der Waals surface area contributed by atoms with E-state index in [0.29, 0.717) is 6.42 Å². The second kappa shape index (κ2) is 8.11. The van der Waals surface area contributed by atoms with E-state index in [9.17, 15) is 14.4 Å². The topological polar surface area (TPSA) is 123 Å². The Hall–Kier alpha value is -1.64. The van der Waals surface area contributed by atoms with Gasteiger partial charge in [0.05, 0.1) is 0 Å². The van der Waals surface area contributed by atoms with Crippen LogP contribution in [0.15, 0.2) is 10.2 Å². The van der Waals surface area contributed by atoms with Gasteiger partial charge in [0.15, 0.2) is 11.1 Å². The zero-order chi connectivity index (χ0) is 17.6. The van der Waals surface area contributed by atoms with E-state index in [4.69, 9.17) is 10.5 Å². The van der Waals surface area contributed by atoms with Crippen molar-refractivity contribution in [2.75, 3.05) is 6.54 Å². The summed E-state index contributed by atoms with van der Waals surface area (Å²) < 4.78 is 4.82. The summed E-state index contributed by atoms with van der Waals surface area (Å²) in [5.41, 5.74) is 2.27. The fraction of sp³-hybridized carbons (Fsp3) is 0.769. The number of hydrogen-bond acceptors (Lipinski definition) is 7. The van der Waals surface area contributed by atoms with Gasteiger partial charge in [0, 0.05) is 19.9 Å². The number of thiol groups is 1. The largest absolute Gasteiger partial charge is 0.452 e. The van der Waals surface area contributed by atoms with Crippen molar-refractivity contribution in [1.29, 1.82) is 0 Å². The number of nitrogens with zero attached hydrogens (tertiary/aromatic N) is 2. The van der Waals surface area contributed by atoms with Gasteiger partial charge < -0.3 is 15.8 Å². The second-order valence-electron chi connectivity index (χ2n) is 5.79. The quantitative estimate of drug-likeness (QED) is 0.263. The van der Waals surface area contributed by atoms with E-state index in [1.807, 2.05) is 0 Å². The van der Waals surface area contributed by atoms with E-state index >= 15 is 0 Å². The molecule has 0 bridgehead atoms. The molecule has 0 aromatic rings. The van der Waals surface area contributed by atoms with Crippen molar-refractivity contribution >= 4 is 30.4 Å². The number of rotatable bonds is 8. The number of ether oxygens (including phenoxy) is 1. The van der Waals surface area contributed by atoms with Crippen LogP contribution in [0.3, 0.4) is 0 Å². The summed E-state index contributed by atoms with van der Waals surface area (Å²) >= 11 is 4.06. The molecular weight excluding hydrogens is 308 g/mol. The highest BCUT2D eigenvalue weighted by Gasteiger charge is 2.30. The van der Waals surface area contributed by atoms with E-state index in [1.54, 1.807) is 13.8 Å². The Kier molecular flexibility index (Phi) is 7.51. The zero-order valence-electron chi connectivity index (χ0n) is 13.5. The van der Waals surface area contributed by atoms with Gasteiger partial charge in [0.25, 0.3) is 0 Å². The molecule has 0 aliphatic rings. The molecule has 9 heteroatoms. The van der Waals surface area contributed by atoms with E-state index in [2.05, 4.69) is 28.2 Å². The van der Waals surface area contributed by atoms with Crippen molar-refractivity contribution in [3.05, 3.63) is 0 Å². The first kappa shape index (κ1) is 20.4. The molecule has 22 heavy (non-hydrogen) atoms. The summed E-state index contributed by atoms with van der Waals surface area (Å²) in [5, 5.41) is 10.4. The van der Waals surface area contributed by atoms with Gasteiger partial charge in [-0.1, -0.05) is 0 Å². The van der Waals surface area contributed by atoms with Crippen molar-refractivity contribution in [2.24, 2.45) is 16.0 Å². The molecule has 0 aliphatic carbocycles. The molecule has 0 radical (unpaired) electrons. The monoisotopic (exact) mass is 332 g/mol. The molecule has 1 atom stereocenters. The summed E-state index contributed by atoms with van der Waals surface area (Å²) in [6.07, 6.45) is 0.356. The number of carbonyl (C=O) groups is 3. The normalized spacial score (nSPS) is 13.7. The maximum absolute atomic E-state index is 12.0. The van der Waals surface area contributed by atoms with Gasteiger partial charge in [-0.3, -0.25) is 14.4 Å². The Morgan fingerprint density at radius 2 is 1.68 bits per heavy atom. The number of carbonyl (C=O) groups excluding carboxylic acids is 3. The summed E-state index contributed by atoms with van der Waals surface area (Å²) in [6, 6.07) is 0. The third-order valence-corrected chi connectivity index (χ3v) is 3.05. The molecule has 0 aromatic heterocycles. The molecule has 0 spiro atoms. The number of azo groups is 1. The van der Waals surface area contributed by atoms with Gasteiger partial charge in [-0.2, -0.15) is 10.2 Å². The molecule has 1 unspecified atom stereocenters. The van der Waals surface area contributed by atoms with Gasteiger partial charge in [-0.15, -0.1) is 12.6 Å². The molecule has 2 amide bonds. The van der Waals surface area contributed by atoms with Crippen LogP contribution < -0.4 is 11.1 Å². The SMILES string of the molecule is CC(=O)OC(S)CCNC(=O)C(C)(C)N=NC(C)(C)C(N)=O. The highest BCUT2D eigenvalue weighted by Crippen LogP contribution is 2.16. The van der Waals surface area contributed by atoms with E-state index in [0.717, 1.165) is 0 Å². The van der Waals surface area contributed by atoms with Crippen molar-refractivity contribution in [1.82, 2.24) is 5.32 Å². The van der Waals surface area contributed by atoms with Crippen LogP contribution in [0.4, 0.5) is 0 Å². The van der Waals surface area contributed by atoms with Crippen LogP contribution in [-0.2, 0) is 19.1 Å². The summed E-state index contributed by atoms with van der Waals surface area (Å²) in [7, 11) is 0. The summed E-state index contributed by atoms with van der Waals surface area (Å²) in [6.45, 7) is 7.69. The van der Waals surface area contributed by atoms with Crippen LogP contribution in [0.25, 0.3) is 0 Å². The number of amides is 2. The fourth-order valence-corrected chi connectivity index (χ4v) is 1.40. The average Bonchev–Trinajstić information content (AvgIpc) is 2.35. The Bertz CT molecular complexity index is 463. The molecule has 0 rings (SSSR count). The van der Waals surface area contributed by atoms with Crippen LogP contribution in [-0.4, -0.2) is 40.8 Å². The molecule has 0 aromatic carbocycles. The molecular formula is C13H24N4O4S. The average molecular weight is 332 g/mol. The maximum atomic E-state index is 12.0. The maximum Gasteiger partial charge on any atom is 0.303 e. The molecule has 126 valence electrons. The van der Waals surface area contributed by atoms with Crippen LogP contribution in [0.5, 0.6) is 0 Å². The number of esters is 1. The van der Waals surface area contributed by atoms with Crippen molar-refractivity contribution < 1.29 is 19.1 Å². The summed E-state index contributed by atoms with van der Waals surface area (Å²) in [4.78, 5) is 33.9. The Labute approximate surface area is 135 Å². The lowest BCUT2D eigenvalue weighted by molar-refractivity contribution is -0.142. The molecule has 3 N–H and O–H groups in total. The molecule has 0 saturated heterocycles. The van der Waals surface area contributed by atoms with Gasteiger partial charge in [-0.05, 0) is 27.7 Å². The standard InChI is InChI=1S/C13H24N4O4S/c1-8(18)21-9(22)6-7-15-11(20)13(4,5)17-16-12(2,3)10(14)19/h9,22H,6-7H2,1-5H3,(H2,14,19)(H,15,20). The minimum Gasteiger partial charge on any atom is -0.452 e. The van der Waals surface area contributed by atoms with Crippen LogP contribution in [0, 0.1) is 0 Å². The third kappa shape index (κ3) is 7.39. The fourth-order valence-electron chi connectivity index (χ4n) is 1.12. The van der Waals surface area contributed by atoms with Gasteiger partial charge in [0.2, 0.25) is 11.8 Å². The summed E-state index contributed by atoms with van der Waals surface area (Å²) in [5.74, 6) is -1.44. The van der Waals surface area contributed by atoms with Crippen LogP contribution in [0.2, 0.25) is 0 Å². The van der Waals surface area contributed by atoms with Gasteiger partial charge in [-0.25, -0.2) is 0 Å². The highest BCUT2D eigenvalue weighted by molar-refractivity contribution is 7.80. The Morgan fingerprint density at radius 3 is 2.14 bits per heavy atom. The first-order valence-corrected chi connectivity index (χ1v) is 7.27. The number of primary amides is 1. The van der Waals surface area contributed by atoms with Gasteiger partial charge in [0.1, 0.15) is 5.44 Å². The molecule has 0 aliphatic heterocycles. The second-order valence-corrected chi connectivity index (χ2v) is 6.37. The molecule has 0 saturated carbocycles. The number of nitrogens with two attached hydrogens (primary N) is 1. The highest BCUT2D eigenvalue weighted by atomic mass is 32.1. The Morgan fingerprint density at radius 1 is 1.18 bits per heavy atom. The van der Waals surface area contributed by atoms with Gasteiger partial charge >= 0.3 is 5.97 Å².